The number of aromatic nitrogens is 2. The Hall–Kier alpha value is -2.95. The summed E-state index contributed by atoms with van der Waals surface area (Å²) in [5.41, 5.74) is 1.59. The van der Waals surface area contributed by atoms with Gasteiger partial charge in [0.15, 0.2) is 0 Å². The molecule has 0 unspecified atom stereocenters. The van der Waals surface area contributed by atoms with Gasteiger partial charge in [-0.3, -0.25) is 14.2 Å². The van der Waals surface area contributed by atoms with Gasteiger partial charge < -0.3 is 4.74 Å². The van der Waals surface area contributed by atoms with Gasteiger partial charge in [-0.2, -0.15) is 0 Å². The third-order valence-corrected chi connectivity index (χ3v) is 3.54. The number of hydrogen-bond donors (Lipinski definition) is 0. The number of carbonyl (C=O) groups excluding carboxylic acids is 1. The Balaban J connectivity index is 1.68. The van der Waals surface area contributed by atoms with Gasteiger partial charge in [-0.25, -0.2) is 4.98 Å². The fourth-order valence-electron chi connectivity index (χ4n) is 2.27. The largest absolute Gasteiger partial charge is 0.426 e. The van der Waals surface area contributed by atoms with E-state index >= 15 is 0 Å². The maximum absolute atomic E-state index is 12.3. The van der Waals surface area contributed by atoms with E-state index in [1.54, 1.807) is 30.3 Å². The Morgan fingerprint density at radius 2 is 1.87 bits per heavy atom. The molecular weight excluding hydrogens is 292 g/mol. The highest BCUT2D eigenvalue weighted by Crippen LogP contribution is 2.12. The number of ether oxygens (including phenoxy) is 1. The number of benzene rings is 2. The lowest BCUT2D eigenvalue weighted by Crippen LogP contribution is -2.23. The van der Waals surface area contributed by atoms with Gasteiger partial charge in [0.05, 0.1) is 23.7 Å². The monoisotopic (exact) mass is 308 g/mol. The molecule has 1 heterocycles. The SMILES string of the molecule is Cc1ccc(OC(=O)CCn2cnc3ccccc3c2=O)cc1. The van der Waals surface area contributed by atoms with Crippen molar-refractivity contribution in [1.82, 2.24) is 9.55 Å². The first-order valence-corrected chi connectivity index (χ1v) is 7.35. The summed E-state index contributed by atoms with van der Waals surface area (Å²) in [6.07, 6.45) is 1.57. The van der Waals surface area contributed by atoms with Crippen LogP contribution in [0.25, 0.3) is 10.9 Å². The number of nitrogens with zero attached hydrogens (tertiary/aromatic N) is 2. The van der Waals surface area contributed by atoms with Crippen molar-refractivity contribution in [2.24, 2.45) is 0 Å². The lowest BCUT2D eigenvalue weighted by atomic mass is 10.2. The number of para-hydroxylation sites is 1. The summed E-state index contributed by atoms with van der Waals surface area (Å²) in [6, 6.07) is 14.4. The van der Waals surface area contributed by atoms with Gasteiger partial charge in [0, 0.05) is 6.54 Å². The lowest BCUT2D eigenvalue weighted by Gasteiger charge is -2.07. The molecule has 0 aliphatic rings. The molecule has 0 N–H and O–H groups in total. The van der Waals surface area contributed by atoms with Crippen LogP contribution >= 0.6 is 0 Å². The summed E-state index contributed by atoms with van der Waals surface area (Å²) >= 11 is 0. The van der Waals surface area contributed by atoms with E-state index < -0.39 is 0 Å². The van der Waals surface area contributed by atoms with Crippen molar-refractivity contribution in [3.8, 4) is 5.75 Å². The Labute approximate surface area is 133 Å². The molecule has 0 fully saturated rings. The number of carbonyl (C=O) groups is 1. The predicted molar refractivity (Wildman–Crippen MR) is 87.4 cm³/mol. The summed E-state index contributed by atoms with van der Waals surface area (Å²) in [5.74, 6) is 0.124. The van der Waals surface area contributed by atoms with E-state index in [4.69, 9.17) is 4.74 Å². The maximum atomic E-state index is 12.3. The van der Waals surface area contributed by atoms with Gasteiger partial charge in [0.2, 0.25) is 0 Å². The van der Waals surface area contributed by atoms with Gasteiger partial charge in [0.25, 0.3) is 5.56 Å². The molecular formula is C18H16N2O3. The molecule has 1 aromatic heterocycles. The zero-order valence-corrected chi connectivity index (χ0v) is 12.7. The molecule has 0 amide bonds. The zero-order chi connectivity index (χ0) is 16.2. The van der Waals surface area contributed by atoms with Crippen molar-refractivity contribution in [3.63, 3.8) is 0 Å². The van der Waals surface area contributed by atoms with E-state index in [0.717, 1.165) is 5.56 Å². The molecule has 0 saturated carbocycles. The van der Waals surface area contributed by atoms with Crippen LogP contribution in [0.4, 0.5) is 0 Å². The van der Waals surface area contributed by atoms with Gasteiger partial charge in [-0.1, -0.05) is 29.8 Å². The van der Waals surface area contributed by atoms with E-state index in [9.17, 15) is 9.59 Å². The van der Waals surface area contributed by atoms with Crippen molar-refractivity contribution < 1.29 is 9.53 Å². The molecule has 5 heteroatoms. The number of rotatable bonds is 4. The summed E-state index contributed by atoms with van der Waals surface area (Å²) in [5, 5.41) is 0.543. The second kappa shape index (κ2) is 6.44. The number of esters is 1. The predicted octanol–water partition coefficient (Wildman–Crippen LogP) is 2.70. The first-order chi connectivity index (χ1) is 11.1. The number of hydrogen-bond acceptors (Lipinski definition) is 4. The van der Waals surface area contributed by atoms with Crippen LogP contribution in [0.2, 0.25) is 0 Å². The van der Waals surface area contributed by atoms with Crippen molar-refractivity contribution >= 4 is 16.9 Å². The number of fused-ring (bicyclic) bond motifs is 1. The number of aryl methyl sites for hydroxylation is 2. The van der Waals surface area contributed by atoms with E-state index in [0.29, 0.717) is 16.7 Å². The average Bonchev–Trinajstić information content (AvgIpc) is 2.57. The van der Waals surface area contributed by atoms with Crippen LogP contribution in [0.15, 0.2) is 59.7 Å². The second-order valence-corrected chi connectivity index (χ2v) is 5.30. The second-order valence-electron chi connectivity index (χ2n) is 5.30. The Kier molecular flexibility index (Phi) is 4.19. The molecule has 0 saturated heterocycles. The smallest absolute Gasteiger partial charge is 0.312 e. The van der Waals surface area contributed by atoms with E-state index in [1.165, 1.54) is 10.9 Å². The summed E-state index contributed by atoms with van der Waals surface area (Å²) in [7, 11) is 0. The molecule has 116 valence electrons. The van der Waals surface area contributed by atoms with Crippen LogP contribution in [0.1, 0.15) is 12.0 Å². The van der Waals surface area contributed by atoms with Crippen molar-refractivity contribution in [3.05, 3.63) is 70.8 Å². The Morgan fingerprint density at radius 3 is 2.65 bits per heavy atom. The summed E-state index contributed by atoms with van der Waals surface area (Å²) < 4.78 is 6.67. The van der Waals surface area contributed by atoms with E-state index in [2.05, 4.69) is 4.98 Å². The standard InChI is InChI=1S/C18H16N2O3/c1-13-6-8-14(9-7-13)23-17(21)10-11-20-12-19-16-5-3-2-4-15(16)18(20)22/h2-9,12H,10-11H2,1H3. The first-order valence-electron chi connectivity index (χ1n) is 7.35. The van der Waals surface area contributed by atoms with Crippen LogP contribution in [0.5, 0.6) is 5.75 Å². The molecule has 0 radical (unpaired) electrons. The minimum absolute atomic E-state index is 0.105. The Bertz CT molecular complexity index is 898. The van der Waals surface area contributed by atoms with E-state index in [-0.39, 0.29) is 24.5 Å². The van der Waals surface area contributed by atoms with Gasteiger partial charge >= 0.3 is 5.97 Å². The highest BCUT2D eigenvalue weighted by Gasteiger charge is 2.08. The third-order valence-electron chi connectivity index (χ3n) is 3.54. The molecule has 0 atom stereocenters. The summed E-state index contributed by atoms with van der Waals surface area (Å²) in [4.78, 5) is 28.4. The molecule has 0 bridgehead atoms. The molecule has 0 aliphatic heterocycles. The maximum Gasteiger partial charge on any atom is 0.312 e. The van der Waals surface area contributed by atoms with Crippen LogP contribution in [0.3, 0.4) is 0 Å². The highest BCUT2D eigenvalue weighted by atomic mass is 16.5. The molecule has 0 aliphatic carbocycles. The fraction of sp³-hybridized carbons (Fsp3) is 0.167. The minimum Gasteiger partial charge on any atom is -0.426 e. The minimum atomic E-state index is -0.381. The lowest BCUT2D eigenvalue weighted by molar-refractivity contribution is -0.134. The molecule has 3 aromatic rings. The molecule has 0 spiro atoms. The third kappa shape index (κ3) is 3.45. The topological polar surface area (TPSA) is 61.2 Å². The molecule has 5 nitrogen and oxygen atoms in total. The quantitative estimate of drug-likeness (QED) is 0.549. The molecule has 2 aromatic carbocycles. The first kappa shape index (κ1) is 15.0. The van der Waals surface area contributed by atoms with Gasteiger partial charge in [0.1, 0.15) is 5.75 Å². The van der Waals surface area contributed by atoms with E-state index in [1.807, 2.05) is 25.1 Å². The highest BCUT2D eigenvalue weighted by molar-refractivity contribution is 5.77. The van der Waals surface area contributed by atoms with Crippen molar-refractivity contribution in [2.75, 3.05) is 0 Å². The molecule has 23 heavy (non-hydrogen) atoms. The van der Waals surface area contributed by atoms with Crippen LogP contribution < -0.4 is 10.3 Å². The van der Waals surface area contributed by atoms with Crippen LogP contribution in [0, 0.1) is 6.92 Å². The van der Waals surface area contributed by atoms with Crippen LogP contribution in [-0.4, -0.2) is 15.5 Å². The average molecular weight is 308 g/mol. The van der Waals surface area contributed by atoms with Gasteiger partial charge in [-0.15, -0.1) is 0 Å². The Morgan fingerprint density at radius 1 is 1.13 bits per heavy atom. The van der Waals surface area contributed by atoms with Crippen molar-refractivity contribution in [2.45, 2.75) is 19.9 Å². The van der Waals surface area contributed by atoms with Crippen molar-refractivity contribution in [1.29, 1.82) is 0 Å². The zero-order valence-electron chi connectivity index (χ0n) is 12.7. The fourth-order valence-corrected chi connectivity index (χ4v) is 2.27. The van der Waals surface area contributed by atoms with Gasteiger partial charge in [-0.05, 0) is 31.2 Å². The summed E-state index contributed by atoms with van der Waals surface area (Å²) in [6.45, 7) is 2.20. The molecule has 3 rings (SSSR count). The normalized spacial score (nSPS) is 10.7. The van der Waals surface area contributed by atoms with Crippen LogP contribution in [-0.2, 0) is 11.3 Å².